The Morgan fingerprint density at radius 1 is 1.09 bits per heavy atom. The second-order valence-corrected chi connectivity index (χ2v) is 9.24. The molecule has 188 valence electrons. The third-order valence-corrected chi connectivity index (χ3v) is 6.07. The molecule has 3 rings (SSSR count). The summed E-state index contributed by atoms with van der Waals surface area (Å²) in [6, 6.07) is 11.7. The van der Waals surface area contributed by atoms with Gasteiger partial charge >= 0.3 is 6.03 Å². The number of likely N-dealkylation sites (tertiary alicyclic amines) is 1. The number of nitrogens with one attached hydrogen (secondary N) is 2. The van der Waals surface area contributed by atoms with Crippen molar-refractivity contribution in [2.75, 3.05) is 27.2 Å². The highest BCUT2D eigenvalue weighted by Crippen LogP contribution is 2.28. The number of hydrogen-bond acceptors (Lipinski definition) is 3. The summed E-state index contributed by atoms with van der Waals surface area (Å²) in [7, 11) is 3.06. The van der Waals surface area contributed by atoms with E-state index < -0.39 is 36.1 Å². The van der Waals surface area contributed by atoms with Gasteiger partial charge < -0.3 is 20.4 Å². The maximum absolute atomic E-state index is 14.8. The topological polar surface area (TPSA) is 81.8 Å². The highest BCUT2D eigenvalue weighted by molar-refractivity contribution is 5.91. The van der Waals surface area contributed by atoms with Crippen molar-refractivity contribution in [2.45, 2.75) is 44.4 Å². The van der Waals surface area contributed by atoms with Crippen LogP contribution in [0.2, 0.25) is 0 Å². The summed E-state index contributed by atoms with van der Waals surface area (Å²) in [5.41, 5.74) is 1.83. The first-order valence-corrected chi connectivity index (χ1v) is 11.6. The molecule has 0 saturated carbocycles. The van der Waals surface area contributed by atoms with E-state index in [1.165, 1.54) is 25.1 Å². The molecule has 0 bridgehead atoms. The summed E-state index contributed by atoms with van der Waals surface area (Å²) in [5.74, 6) is -1.46. The molecule has 1 fully saturated rings. The smallest absolute Gasteiger partial charge is 0.317 e. The van der Waals surface area contributed by atoms with Crippen LogP contribution in [0.15, 0.2) is 48.5 Å². The van der Waals surface area contributed by atoms with Gasteiger partial charge in [-0.1, -0.05) is 56.3 Å². The number of hydrogen-bond donors (Lipinski definition) is 2. The normalized spacial score (nSPS) is 18.3. The minimum atomic E-state index is -1.36. The molecule has 2 N–H and O–H groups in total. The van der Waals surface area contributed by atoms with Crippen molar-refractivity contribution in [3.8, 4) is 0 Å². The van der Waals surface area contributed by atoms with Crippen molar-refractivity contribution in [3.63, 3.8) is 0 Å². The molecule has 0 aliphatic carbocycles. The Labute approximate surface area is 204 Å². The monoisotopic (exact) mass is 486 g/mol. The molecule has 7 nitrogen and oxygen atoms in total. The van der Waals surface area contributed by atoms with Gasteiger partial charge in [-0.15, -0.1) is 0 Å². The zero-order chi connectivity index (χ0) is 25.7. The lowest BCUT2D eigenvalue weighted by molar-refractivity contribution is -0.137. The SMILES string of the molecule is CC(C)c1ccc([C@@H](NC(=O)[C@@H]2C[C@@H](F)CN2C(=O)CNC(=O)N(C)C)c2ccccc2)cc1F. The number of nitrogens with zero attached hydrogens (tertiary/aromatic N) is 2. The van der Waals surface area contributed by atoms with Crippen LogP contribution in [0.4, 0.5) is 13.6 Å². The van der Waals surface area contributed by atoms with E-state index in [1.807, 2.05) is 44.2 Å². The highest BCUT2D eigenvalue weighted by atomic mass is 19.1. The van der Waals surface area contributed by atoms with Gasteiger partial charge in [-0.3, -0.25) is 9.59 Å². The number of urea groups is 1. The second-order valence-electron chi connectivity index (χ2n) is 9.24. The summed E-state index contributed by atoms with van der Waals surface area (Å²) >= 11 is 0. The van der Waals surface area contributed by atoms with Crippen LogP contribution in [0, 0.1) is 5.82 Å². The van der Waals surface area contributed by atoms with Gasteiger partial charge in [0.2, 0.25) is 11.8 Å². The number of amides is 4. The summed E-state index contributed by atoms with van der Waals surface area (Å²) in [6.07, 6.45) is -1.52. The molecular weight excluding hydrogens is 454 g/mol. The molecule has 9 heteroatoms. The van der Waals surface area contributed by atoms with Crippen molar-refractivity contribution in [1.82, 2.24) is 20.4 Å². The average molecular weight is 487 g/mol. The fraction of sp³-hybridized carbons (Fsp3) is 0.423. The quantitative estimate of drug-likeness (QED) is 0.630. The number of benzene rings is 2. The molecule has 3 atom stereocenters. The minimum Gasteiger partial charge on any atom is -0.343 e. The van der Waals surface area contributed by atoms with Gasteiger partial charge in [-0.05, 0) is 28.7 Å². The maximum atomic E-state index is 14.8. The first kappa shape index (κ1) is 26.1. The van der Waals surface area contributed by atoms with Crippen molar-refractivity contribution in [1.29, 1.82) is 0 Å². The maximum Gasteiger partial charge on any atom is 0.317 e. The Morgan fingerprint density at radius 2 is 1.77 bits per heavy atom. The van der Waals surface area contributed by atoms with Crippen LogP contribution in [0.3, 0.4) is 0 Å². The summed E-state index contributed by atoms with van der Waals surface area (Å²) in [6.45, 7) is 3.21. The lowest BCUT2D eigenvalue weighted by Gasteiger charge is -2.27. The third-order valence-electron chi connectivity index (χ3n) is 6.07. The van der Waals surface area contributed by atoms with Gasteiger partial charge in [-0.25, -0.2) is 13.6 Å². The molecule has 0 unspecified atom stereocenters. The molecule has 1 aliphatic rings. The summed E-state index contributed by atoms with van der Waals surface area (Å²) in [4.78, 5) is 40.2. The zero-order valence-corrected chi connectivity index (χ0v) is 20.4. The van der Waals surface area contributed by atoms with E-state index in [-0.39, 0.29) is 31.2 Å². The van der Waals surface area contributed by atoms with E-state index in [0.717, 1.165) is 10.5 Å². The van der Waals surface area contributed by atoms with Crippen LogP contribution >= 0.6 is 0 Å². The Balaban J connectivity index is 1.83. The van der Waals surface area contributed by atoms with Crippen LogP contribution in [0.1, 0.15) is 48.9 Å². The molecule has 0 spiro atoms. The number of carbonyl (C=O) groups is 3. The van der Waals surface area contributed by atoms with E-state index in [0.29, 0.717) is 11.1 Å². The second kappa shape index (κ2) is 11.3. The Kier molecular flexibility index (Phi) is 8.43. The zero-order valence-electron chi connectivity index (χ0n) is 20.4. The van der Waals surface area contributed by atoms with E-state index in [1.54, 1.807) is 12.1 Å². The average Bonchev–Trinajstić information content (AvgIpc) is 3.22. The van der Waals surface area contributed by atoms with Gasteiger partial charge in [0.25, 0.3) is 0 Å². The minimum absolute atomic E-state index is 0.00125. The summed E-state index contributed by atoms with van der Waals surface area (Å²) < 4.78 is 29.1. The number of halogens is 2. The van der Waals surface area contributed by atoms with Gasteiger partial charge in [0.1, 0.15) is 18.0 Å². The van der Waals surface area contributed by atoms with Gasteiger partial charge in [0.15, 0.2) is 0 Å². The van der Waals surface area contributed by atoms with E-state index in [4.69, 9.17) is 0 Å². The van der Waals surface area contributed by atoms with Crippen LogP contribution in [-0.2, 0) is 9.59 Å². The first-order valence-electron chi connectivity index (χ1n) is 11.6. The molecule has 1 saturated heterocycles. The predicted octanol–water partition coefficient (Wildman–Crippen LogP) is 3.36. The number of rotatable bonds is 7. The standard InChI is InChI=1S/C26H32F2N4O3/c1-16(2)20-11-10-18(12-21(20)28)24(17-8-6-5-7-9-17)30-25(34)22-13-19(27)15-32(22)23(33)14-29-26(35)31(3)4/h5-12,16,19,22,24H,13-15H2,1-4H3,(H,29,35)(H,30,34)/t19-,22+,24+/m1/s1. The van der Waals surface area contributed by atoms with Crippen molar-refractivity contribution >= 4 is 17.8 Å². The Bertz CT molecular complexity index is 1060. The third kappa shape index (κ3) is 6.35. The molecule has 4 amide bonds. The van der Waals surface area contributed by atoms with E-state index >= 15 is 0 Å². The van der Waals surface area contributed by atoms with Crippen molar-refractivity contribution < 1.29 is 23.2 Å². The van der Waals surface area contributed by atoms with E-state index in [9.17, 15) is 23.2 Å². The molecule has 2 aromatic rings. The Hall–Kier alpha value is -3.49. The highest BCUT2D eigenvalue weighted by Gasteiger charge is 2.40. The number of alkyl halides is 1. The number of carbonyl (C=O) groups excluding carboxylic acids is 3. The molecule has 35 heavy (non-hydrogen) atoms. The fourth-order valence-electron chi connectivity index (χ4n) is 4.15. The molecule has 0 radical (unpaired) electrons. The molecular formula is C26H32F2N4O3. The fourth-order valence-corrected chi connectivity index (χ4v) is 4.15. The predicted molar refractivity (Wildman–Crippen MR) is 129 cm³/mol. The first-order chi connectivity index (χ1) is 16.6. The van der Waals surface area contributed by atoms with E-state index in [2.05, 4.69) is 10.6 Å². The van der Waals surface area contributed by atoms with Gasteiger partial charge in [0, 0.05) is 20.5 Å². The van der Waals surface area contributed by atoms with Crippen LogP contribution < -0.4 is 10.6 Å². The summed E-state index contributed by atoms with van der Waals surface area (Å²) in [5, 5.41) is 5.34. The van der Waals surface area contributed by atoms with Crippen molar-refractivity contribution in [2.24, 2.45) is 0 Å². The Morgan fingerprint density at radius 3 is 2.37 bits per heavy atom. The van der Waals surface area contributed by atoms with Gasteiger partial charge in [-0.2, -0.15) is 0 Å². The largest absolute Gasteiger partial charge is 0.343 e. The molecule has 2 aromatic carbocycles. The van der Waals surface area contributed by atoms with Gasteiger partial charge in [0.05, 0.1) is 19.1 Å². The van der Waals surface area contributed by atoms with Crippen LogP contribution in [0.5, 0.6) is 0 Å². The van der Waals surface area contributed by atoms with Crippen LogP contribution in [0.25, 0.3) is 0 Å². The van der Waals surface area contributed by atoms with Crippen molar-refractivity contribution in [3.05, 3.63) is 71.0 Å². The molecule has 1 heterocycles. The lowest BCUT2D eigenvalue weighted by atomic mass is 9.94. The molecule has 1 aliphatic heterocycles. The lowest BCUT2D eigenvalue weighted by Crippen LogP contribution is -2.50. The molecule has 0 aromatic heterocycles. The van der Waals surface area contributed by atoms with Crippen LogP contribution in [-0.4, -0.2) is 67.0 Å².